The smallest absolute Gasteiger partial charge is 0.251 e. The molecule has 1 fully saturated rings. The molecule has 1 N–H and O–H groups in total. The molecule has 3 rings (SSSR count). The summed E-state index contributed by atoms with van der Waals surface area (Å²) < 4.78 is 27.3. The zero-order valence-corrected chi connectivity index (χ0v) is 17.3. The van der Waals surface area contributed by atoms with Crippen LogP contribution in [0.5, 0.6) is 0 Å². The molecule has 2 aromatic carbocycles. The van der Waals surface area contributed by atoms with Gasteiger partial charge in [0.2, 0.25) is 10.0 Å². The molecule has 0 aliphatic heterocycles. The third-order valence-electron chi connectivity index (χ3n) is 5.28. The number of benzene rings is 2. The van der Waals surface area contributed by atoms with Gasteiger partial charge in [0.25, 0.3) is 5.91 Å². The van der Waals surface area contributed by atoms with Gasteiger partial charge in [0.15, 0.2) is 0 Å². The minimum atomic E-state index is -3.55. The normalized spacial score (nSPS) is 15.1. The lowest BCUT2D eigenvalue weighted by molar-refractivity contribution is 0.0938. The molecular formula is C22H28N2O3S. The van der Waals surface area contributed by atoms with E-state index >= 15 is 0 Å². The fourth-order valence-corrected chi connectivity index (χ4v) is 4.97. The van der Waals surface area contributed by atoms with Crippen molar-refractivity contribution in [1.82, 2.24) is 9.62 Å². The monoisotopic (exact) mass is 400 g/mol. The van der Waals surface area contributed by atoms with E-state index in [4.69, 9.17) is 0 Å². The third-order valence-corrected chi connectivity index (χ3v) is 7.21. The predicted molar refractivity (Wildman–Crippen MR) is 111 cm³/mol. The fraction of sp³-hybridized carbons (Fsp3) is 0.409. The zero-order chi connectivity index (χ0) is 20.1. The fourth-order valence-electron chi connectivity index (χ4n) is 3.53. The van der Waals surface area contributed by atoms with Crippen molar-refractivity contribution < 1.29 is 13.2 Å². The second kappa shape index (κ2) is 8.88. The van der Waals surface area contributed by atoms with Gasteiger partial charge in [-0.25, -0.2) is 8.42 Å². The van der Waals surface area contributed by atoms with E-state index < -0.39 is 10.0 Å². The topological polar surface area (TPSA) is 66.5 Å². The van der Waals surface area contributed by atoms with Gasteiger partial charge in [-0.2, -0.15) is 4.31 Å². The lowest BCUT2D eigenvalue weighted by atomic mass is 10.1. The average molecular weight is 401 g/mol. The highest BCUT2D eigenvalue weighted by atomic mass is 32.2. The Balaban J connectivity index is 1.69. The Morgan fingerprint density at radius 2 is 1.64 bits per heavy atom. The number of rotatable bonds is 7. The SMILES string of the molecule is CCN(Cc1ccc(C(=O)NC2CCCC2)cc1)S(=O)(=O)c1ccc(C)cc1. The van der Waals surface area contributed by atoms with Crippen molar-refractivity contribution in [3.05, 3.63) is 65.2 Å². The minimum absolute atomic E-state index is 0.0573. The average Bonchev–Trinajstić information content (AvgIpc) is 3.19. The van der Waals surface area contributed by atoms with Crippen LogP contribution in [-0.2, 0) is 16.6 Å². The largest absolute Gasteiger partial charge is 0.349 e. The van der Waals surface area contributed by atoms with Crippen LogP contribution >= 0.6 is 0 Å². The maximum absolute atomic E-state index is 12.9. The highest BCUT2D eigenvalue weighted by Crippen LogP contribution is 2.20. The van der Waals surface area contributed by atoms with E-state index in [0.717, 1.165) is 24.0 Å². The van der Waals surface area contributed by atoms with Gasteiger partial charge in [-0.15, -0.1) is 0 Å². The first kappa shape index (κ1) is 20.6. The summed E-state index contributed by atoms with van der Waals surface area (Å²) in [5.74, 6) is -0.0573. The van der Waals surface area contributed by atoms with E-state index in [9.17, 15) is 13.2 Å². The number of hydrogen-bond donors (Lipinski definition) is 1. The predicted octanol–water partition coefficient (Wildman–Crippen LogP) is 3.88. The number of carbonyl (C=O) groups is 1. The maximum atomic E-state index is 12.9. The van der Waals surface area contributed by atoms with Gasteiger partial charge in [0.1, 0.15) is 0 Å². The number of amides is 1. The lowest BCUT2D eigenvalue weighted by Gasteiger charge is -2.21. The van der Waals surface area contributed by atoms with Gasteiger partial charge in [0, 0.05) is 24.7 Å². The highest BCUT2D eigenvalue weighted by Gasteiger charge is 2.23. The molecule has 1 saturated carbocycles. The van der Waals surface area contributed by atoms with E-state index in [1.807, 2.05) is 26.0 Å². The molecule has 0 radical (unpaired) electrons. The van der Waals surface area contributed by atoms with Crippen molar-refractivity contribution >= 4 is 15.9 Å². The van der Waals surface area contributed by atoms with Crippen LogP contribution in [0.2, 0.25) is 0 Å². The molecule has 0 spiro atoms. The summed E-state index contributed by atoms with van der Waals surface area (Å²) in [6, 6.07) is 14.4. The molecule has 0 unspecified atom stereocenters. The first-order valence-electron chi connectivity index (χ1n) is 9.87. The van der Waals surface area contributed by atoms with Gasteiger partial charge in [-0.05, 0) is 49.6 Å². The highest BCUT2D eigenvalue weighted by molar-refractivity contribution is 7.89. The molecule has 2 aromatic rings. The van der Waals surface area contributed by atoms with Gasteiger partial charge in [-0.3, -0.25) is 4.79 Å². The molecule has 1 aliphatic rings. The van der Waals surface area contributed by atoms with Gasteiger partial charge >= 0.3 is 0 Å². The second-order valence-electron chi connectivity index (χ2n) is 7.40. The third kappa shape index (κ3) is 4.80. The molecule has 0 atom stereocenters. The number of nitrogens with zero attached hydrogens (tertiary/aromatic N) is 1. The van der Waals surface area contributed by atoms with Gasteiger partial charge in [0.05, 0.1) is 4.90 Å². The van der Waals surface area contributed by atoms with E-state index in [1.165, 1.54) is 17.1 Å². The number of carbonyl (C=O) groups excluding carboxylic acids is 1. The van der Waals surface area contributed by atoms with Crippen molar-refractivity contribution in [2.75, 3.05) is 6.54 Å². The van der Waals surface area contributed by atoms with Crippen molar-refractivity contribution in [2.24, 2.45) is 0 Å². The molecule has 150 valence electrons. The van der Waals surface area contributed by atoms with Crippen LogP contribution in [-0.4, -0.2) is 31.2 Å². The molecular weight excluding hydrogens is 372 g/mol. The second-order valence-corrected chi connectivity index (χ2v) is 9.33. The Morgan fingerprint density at radius 1 is 1.04 bits per heavy atom. The zero-order valence-electron chi connectivity index (χ0n) is 16.5. The molecule has 28 heavy (non-hydrogen) atoms. The summed E-state index contributed by atoms with van der Waals surface area (Å²) in [6.07, 6.45) is 4.44. The van der Waals surface area contributed by atoms with Crippen molar-refractivity contribution in [3.63, 3.8) is 0 Å². The summed E-state index contributed by atoms with van der Waals surface area (Å²) in [5, 5.41) is 3.07. The summed E-state index contributed by atoms with van der Waals surface area (Å²) in [5.41, 5.74) is 2.49. The van der Waals surface area contributed by atoms with Crippen LogP contribution < -0.4 is 5.32 Å². The Morgan fingerprint density at radius 3 is 2.21 bits per heavy atom. The molecule has 0 saturated heterocycles. The van der Waals surface area contributed by atoms with Crippen LogP contribution in [0, 0.1) is 6.92 Å². The summed E-state index contributed by atoms with van der Waals surface area (Å²) in [6.45, 7) is 4.41. The summed E-state index contributed by atoms with van der Waals surface area (Å²) in [4.78, 5) is 12.6. The van der Waals surface area contributed by atoms with Crippen molar-refractivity contribution in [3.8, 4) is 0 Å². The van der Waals surface area contributed by atoms with Crippen LogP contribution in [0.15, 0.2) is 53.4 Å². The molecule has 6 heteroatoms. The van der Waals surface area contributed by atoms with Gasteiger partial charge < -0.3 is 5.32 Å². The minimum Gasteiger partial charge on any atom is -0.349 e. The molecule has 1 aliphatic carbocycles. The Kier molecular flexibility index (Phi) is 6.52. The summed E-state index contributed by atoms with van der Waals surface area (Å²) >= 11 is 0. The number of nitrogens with one attached hydrogen (secondary N) is 1. The molecule has 0 heterocycles. The van der Waals surface area contributed by atoms with Crippen LogP contribution in [0.1, 0.15) is 54.1 Å². The van der Waals surface area contributed by atoms with Crippen LogP contribution in [0.3, 0.4) is 0 Å². The van der Waals surface area contributed by atoms with E-state index in [1.54, 1.807) is 36.4 Å². The number of hydrogen-bond acceptors (Lipinski definition) is 3. The first-order chi connectivity index (χ1) is 13.4. The van der Waals surface area contributed by atoms with E-state index in [-0.39, 0.29) is 18.5 Å². The Hall–Kier alpha value is -2.18. The van der Waals surface area contributed by atoms with E-state index in [0.29, 0.717) is 17.0 Å². The standard InChI is InChI=1S/C22H28N2O3S/c1-3-24(28(26,27)21-14-8-17(2)9-15-21)16-18-10-12-19(13-11-18)22(25)23-20-6-4-5-7-20/h8-15,20H,3-7,16H2,1-2H3,(H,23,25). The van der Waals surface area contributed by atoms with Crippen molar-refractivity contribution in [1.29, 1.82) is 0 Å². The molecule has 1 amide bonds. The van der Waals surface area contributed by atoms with E-state index in [2.05, 4.69) is 5.32 Å². The first-order valence-corrected chi connectivity index (χ1v) is 11.3. The lowest BCUT2D eigenvalue weighted by Crippen LogP contribution is -2.32. The molecule has 0 bridgehead atoms. The van der Waals surface area contributed by atoms with Gasteiger partial charge in [-0.1, -0.05) is 49.6 Å². The summed E-state index contributed by atoms with van der Waals surface area (Å²) in [7, 11) is -3.55. The van der Waals surface area contributed by atoms with Crippen LogP contribution in [0.25, 0.3) is 0 Å². The Labute approximate surface area is 167 Å². The molecule has 5 nitrogen and oxygen atoms in total. The Bertz CT molecular complexity index is 900. The number of aryl methyl sites for hydroxylation is 1. The quantitative estimate of drug-likeness (QED) is 0.767. The maximum Gasteiger partial charge on any atom is 0.251 e. The van der Waals surface area contributed by atoms with Crippen LogP contribution in [0.4, 0.5) is 0 Å². The number of sulfonamides is 1. The molecule has 0 aromatic heterocycles. The van der Waals surface area contributed by atoms with Crippen molar-refractivity contribution in [2.45, 2.75) is 57.0 Å².